The predicted molar refractivity (Wildman–Crippen MR) is 74.6 cm³/mol. The van der Waals surface area contributed by atoms with Crippen LogP contribution in [0.5, 0.6) is 0 Å². The van der Waals surface area contributed by atoms with Gasteiger partial charge >= 0.3 is 0 Å². The van der Waals surface area contributed by atoms with Gasteiger partial charge in [-0.05, 0) is 24.3 Å². The summed E-state index contributed by atoms with van der Waals surface area (Å²) in [4.78, 5) is -0.403. The van der Waals surface area contributed by atoms with Gasteiger partial charge in [-0.3, -0.25) is 4.72 Å². The fourth-order valence-electron chi connectivity index (χ4n) is 1.75. The molecular weight excluding hydrogens is 301 g/mol. The van der Waals surface area contributed by atoms with E-state index in [2.05, 4.69) is 13.5 Å². The van der Waals surface area contributed by atoms with Crippen LogP contribution in [0, 0.1) is 5.82 Å². The molecule has 20 heavy (non-hydrogen) atoms. The summed E-state index contributed by atoms with van der Waals surface area (Å²) >= 11 is 0.983. The lowest BCUT2D eigenvalue weighted by Gasteiger charge is -2.08. The lowest BCUT2D eigenvalue weighted by Crippen LogP contribution is -2.14. The minimum atomic E-state index is -4.00. The van der Waals surface area contributed by atoms with Crippen molar-refractivity contribution in [2.75, 3.05) is 4.72 Å². The summed E-state index contributed by atoms with van der Waals surface area (Å²) in [5.74, 6) is -0.802. The molecule has 0 unspecified atom stereocenters. The number of halogens is 1. The molecule has 2 aromatic carbocycles. The molecule has 0 aliphatic carbocycles. The zero-order valence-corrected chi connectivity index (χ0v) is 11.6. The van der Waals surface area contributed by atoms with E-state index in [0.717, 1.165) is 17.8 Å². The third kappa shape index (κ3) is 2.23. The summed E-state index contributed by atoms with van der Waals surface area (Å²) in [7, 11) is -4.00. The van der Waals surface area contributed by atoms with Crippen LogP contribution in [0.1, 0.15) is 0 Å². The highest BCUT2D eigenvalue weighted by Crippen LogP contribution is 2.24. The highest BCUT2D eigenvalue weighted by molar-refractivity contribution is 7.92. The minimum Gasteiger partial charge on any atom is -0.277 e. The smallest absolute Gasteiger partial charge is 0.264 e. The van der Waals surface area contributed by atoms with Gasteiger partial charge in [0.15, 0.2) is 0 Å². The van der Waals surface area contributed by atoms with Gasteiger partial charge in [-0.2, -0.15) is 8.75 Å². The first-order valence-electron chi connectivity index (χ1n) is 5.56. The number of hydrogen-bond acceptors (Lipinski definition) is 5. The van der Waals surface area contributed by atoms with Gasteiger partial charge in [-0.25, -0.2) is 12.8 Å². The Kier molecular flexibility index (Phi) is 3.11. The van der Waals surface area contributed by atoms with E-state index in [-0.39, 0.29) is 5.69 Å². The van der Waals surface area contributed by atoms with E-state index in [1.165, 1.54) is 18.2 Å². The Morgan fingerprint density at radius 2 is 1.85 bits per heavy atom. The van der Waals surface area contributed by atoms with Gasteiger partial charge in [0.2, 0.25) is 0 Å². The van der Waals surface area contributed by atoms with Crippen molar-refractivity contribution in [3.8, 4) is 0 Å². The molecule has 0 atom stereocenters. The van der Waals surface area contributed by atoms with Crippen LogP contribution in [0.3, 0.4) is 0 Å². The molecule has 8 heteroatoms. The Balaban J connectivity index is 2.06. The Labute approximate surface area is 118 Å². The predicted octanol–water partition coefficient (Wildman–Crippen LogP) is 2.63. The Morgan fingerprint density at radius 3 is 2.65 bits per heavy atom. The van der Waals surface area contributed by atoms with Gasteiger partial charge in [-0.1, -0.05) is 18.2 Å². The average molecular weight is 309 g/mol. The second kappa shape index (κ2) is 4.80. The standard InChI is InChI=1S/C12H8FN3O2S2/c13-8-4-1-2-7-11(8)20(17,18)16-10-6-3-5-9-12(10)15-19-14-9/h1-7,16H. The summed E-state index contributed by atoms with van der Waals surface area (Å²) in [6.45, 7) is 0. The number of benzene rings is 2. The Hall–Kier alpha value is -2.06. The van der Waals surface area contributed by atoms with Crippen molar-refractivity contribution in [1.82, 2.24) is 8.75 Å². The fraction of sp³-hybridized carbons (Fsp3) is 0. The first-order chi connectivity index (χ1) is 9.58. The molecule has 102 valence electrons. The van der Waals surface area contributed by atoms with Gasteiger partial charge in [0.05, 0.1) is 17.4 Å². The highest BCUT2D eigenvalue weighted by Gasteiger charge is 2.20. The molecule has 0 fully saturated rings. The van der Waals surface area contributed by atoms with Crippen LogP contribution in [-0.2, 0) is 10.0 Å². The van der Waals surface area contributed by atoms with E-state index in [1.807, 2.05) is 0 Å². The maximum atomic E-state index is 13.6. The second-order valence-electron chi connectivity index (χ2n) is 3.97. The number of aromatic nitrogens is 2. The first kappa shape index (κ1) is 12.9. The molecule has 3 aromatic rings. The number of anilines is 1. The van der Waals surface area contributed by atoms with Crippen LogP contribution < -0.4 is 4.72 Å². The van der Waals surface area contributed by atoms with E-state index in [1.54, 1.807) is 18.2 Å². The van der Waals surface area contributed by atoms with Crippen LogP contribution in [-0.4, -0.2) is 17.2 Å². The second-order valence-corrected chi connectivity index (χ2v) is 6.15. The fourth-order valence-corrected chi connectivity index (χ4v) is 3.45. The van der Waals surface area contributed by atoms with Crippen molar-refractivity contribution in [3.05, 3.63) is 48.3 Å². The van der Waals surface area contributed by atoms with Crippen molar-refractivity contribution in [2.24, 2.45) is 0 Å². The quantitative estimate of drug-likeness (QED) is 0.807. The molecule has 0 aliphatic heterocycles. The Morgan fingerprint density at radius 1 is 1.05 bits per heavy atom. The zero-order valence-electron chi connectivity index (χ0n) is 9.95. The van der Waals surface area contributed by atoms with Crippen LogP contribution in [0.15, 0.2) is 47.4 Å². The maximum absolute atomic E-state index is 13.6. The summed E-state index contributed by atoms with van der Waals surface area (Å²) in [6, 6.07) is 10.1. The zero-order chi connectivity index (χ0) is 14.2. The number of rotatable bonds is 3. The summed E-state index contributed by atoms with van der Waals surface area (Å²) < 4.78 is 48.4. The van der Waals surface area contributed by atoms with Crippen molar-refractivity contribution in [3.63, 3.8) is 0 Å². The number of hydrogen-bond donors (Lipinski definition) is 1. The lowest BCUT2D eigenvalue weighted by molar-refractivity contribution is 0.570. The number of fused-ring (bicyclic) bond motifs is 1. The van der Waals surface area contributed by atoms with Gasteiger partial charge in [0, 0.05) is 0 Å². The molecule has 0 bridgehead atoms. The van der Waals surface area contributed by atoms with Gasteiger partial charge < -0.3 is 0 Å². The number of sulfonamides is 1. The van der Waals surface area contributed by atoms with Crippen molar-refractivity contribution >= 4 is 38.5 Å². The van der Waals surface area contributed by atoms with Crippen LogP contribution in [0.4, 0.5) is 10.1 Å². The summed E-state index contributed by atoms with van der Waals surface area (Å²) in [5, 5.41) is 0. The van der Waals surface area contributed by atoms with E-state index in [4.69, 9.17) is 0 Å². The van der Waals surface area contributed by atoms with Crippen molar-refractivity contribution in [2.45, 2.75) is 4.90 Å². The molecule has 3 rings (SSSR count). The molecule has 0 saturated carbocycles. The highest BCUT2D eigenvalue weighted by atomic mass is 32.2. The monoisotopic (exact) mass is 309 g/mol. The largest absolute Gasteiger partial charge is 0.277 e. The van der Waals surface area contributed by atoms with Crippen LogP contribution in [0.2, 0.25) is 0 Å². The molecule has 0 amide bonds. The van der Waals surface area contributed by atoms with E-state index in [0.29, 0.717) is 11.0 Å². The minimum absolute atomic E-state index is 0.277. The molecule has 5 nitrogen and oxygen atoms in total. The summed E-state index contributed by atoms with van der Waals surface area (Å²) in [5.41, 5.74) is 1.31. The van der Waals surface area contributed by atoms with Crippen LogP contribution in [0.25, 0.3) is 11.0 Å². The van der Waals surface area contributed by atoms with Crippen molar-refractivity contribution in [1.29, 1.82) is 0 Å². The molecule has 0 saturated heterocycles. The van der Waals surface area contributed by atoms with Gasteiger partial charge in [0.25, 0.3) is 10.0 Å². The SMILES string of the molecule is O=S(=O)(Nc1cccc2nsnc12)c1ccccc1F. The van der Waals surface area contributed by atoms with Crippen molar-refractivity contribution < 1.29 is 12.8 Å². The molecular formula is C12H8FN3O2S2. The molecule has 0 spiro atoms. The topological polar surface area (TPSA) is 72.0 Å². The first-order valence-corrected chi connectivity index (χ1v) is 7.78. The molecule has 1 N–H and O–H groups in total. The maximum Gasteiger partial charge on any atom is 0.264 e. The van der Waals surface area contributed by atoms with Gasteiger partial charge in [0.1, 0.15) is 21.7 Å². The normalized spacial score (nSPS) is 11.7. The van der Waals surface area contributed by atoms with Gasteiger partial charge in [-0.15, -0.1) is 0 Å². The number of nitrogens with zero attached hydrogens (tertiary/aromatic N) is 2. The summed E-state index contributed by atoms with van der Waals surface area (Å²) in [6.07, 6.45) is 0. The molecule has 1 aromatic heterocycles. The number of nitrogens with one attached hydrogen (secondary N) is 1. The lowest BCUT2D eigenvalue weighted by atomic mass is 10.3. The third-order valence-corrected chi connectivity index (χ3v) is 4.60. The third-order valence-electron chi connectivity index (χ3n) is 2.66. The molecule has 0 aliphatic rings. The average Bonchev–Trinajstić information content (AvgIpc) is 2.88. The van der Waals surface area contributed by atoms with E-state index < -0.39 is 20.7 Å². The van der Waals surface area contributed by atoms with E-state index >= 15 is 0 Å². The van der Waals surface area contributed by atoms with E-state index in [9.17, 15) is 12.8 Å². The Bertz CT molecular complexity index is 877. The molecule has 1 heterocycles. The van der Waals surface area contributed by atoms with Crippen LogP contribution >= 0.6 is 11.7 Å². The molecule has 0 radical (unpaired) electrons.